The van der Waals surface area contributed by atoms with Crippen LogP contribution in [0.1, 0.15) is 26.0 Å². The van der Waals surface area contributed by atoms with E-state index >= 15 is 0 Å². The number of methoxy groups -OCH3 is 1. The standard InChI is InChI=1S/C22H20N4O2/c1-14-23-13-21(26(14)2)16-6-9-20-17(10-16)11-18(24-25-20)12-22(27)15-4-7-19(28-3)8-5-15/h4-11,13H,12H2,1-3H3/i3D3. The van der Waals surface area contributed by atoms with Crippen molar-refractivity contribution >= 4 is 16.7 Å². The number of imidazole rings is 1. The number of Topliss-reactive ketones (excluding diaryl/α,β-unsaturated/α-hetero) is 1. The summed E-state index contributed by atoms with van der Waals surface area (Å²) in [6.07, 6.45) is 1.91. The minimum absolute atomic E-state index is 0.0808. The summed E-state index contributed by atoms with van der Waals surface area (Å²) in [6.45, 7) is 1.95. The van der Waals surface area contributed by atoms with Gasteiger partial charge in [0.05, 0.1) is 40.7 Å². The number of carbonyl (C=O) groups is 1. The average Bonchev–Trinajstić information content (AvgIpc) is 3.05. The van der Waals surface area contributed by atoms with Crippen molar-refractivity contribution in [2.75, 3.05) is 7.04 Å². The molecule has 0 amide bonds. The van der Waals surface area contributed by atoms with E-state index in [1.807, 2.05) is 49.0 Å². The van der Waals surface area contributed by atoms with Gasteiger partial charge in [0.25, 0.3) is 0 Å². The minimum atomic E-state index is -2.53. The van der Waals surface area contributed by atoms with Crippen LogP contribution in [0.2, 0.25) is 0 Å². The lowest BCUT2D eigenvalue weighted by molar-refractivity contribution is 0.0991. The molecule has 0 bridgehead atoms. The fourth-order valence-electron chi connectivity index (χ4n) is 3.08. The van der Waals surface area contributed by atoms with Crippen molar-refractivity contribution in [1.29, 1.82) is 0 Å². The predicted octanol–water partition coefficient (Wildman–Crippen LogP) is 3.77. The molecule has 0 aliphatic heterocycles. The number of nitrogens with zero attached hydrogens (tertiary/aromatic N) is 4. The normalized spacial score (nSPS) is 13.0. The fraction of sp³-hybridized carbons (Fsp3) is 0.182. The first-order valence-electron chi connectivity index (χ1n) is 10.3. The number of aromatic nitrogens is 4. The van der Waals surface area contributed by atoms with E-state index in [2.05, 4.69) is 15.2 Å². The highest BCUT2D eigenvalue weighted by Crippen LogP contribution is 2.24. The van der Waals surface area contributed by atoms with Crippen LogP contribution in [0.15, 0.2) is 54.7 Å². The van der Waals surface area contributed by atoms with Gasteiger partial charge in [0, 0.05) is 23.6 Å². The molecule has 140 valence electrons. The van der Waals surface area contributed by atoms with E-state index in [1.165, 1.54) is 12.1 Å². The molecule has 0 aliphatic carbocycles. The zero-order valence-electron chi connectivity index (χ0n) is 18.5. The average molecular weight is 375 g/mol. The Balaban J connectivity index is 1.55. The van der Waals surface area contributed by atoms with Gasteiger partial charge in [-0.2, -0.15) is 10.2 Å². The molecule has 0 aliphatic rings. The highest BCUT2D eigenvalue weighted by molar-refractivity contribution is 5.97. The maximum Gasteiger partial charge on any atom is 0.168 e. The number of rotatable bonds is 5. The molecular formula is C22H20N4O2. The van der Waals surface area contributed by atoms with Crippen molar-refractivity contribution in [2.24, 2.45) is 7.05 Å². The second-order valence-corrected chi connectivity index (χ2v) is 6.59. The smallest absolute Gasteiger partial charge is 0.168 e. The summed E-state index contributed by atoms with van der Waals surface area (Å²) < 4.78 is 28.2. The molecule has 0 radical (unpaired) electrons. The number of hydrogen-bond donors (Lipinski definition) is 0. The Labute approximate surface area is 167 Å². The van der Waals surface area contributed by atoms with Gasteiger partial charge in [0.1, 0.15) is 11.6 Å². The van der Waals surface area contributed by atoms with Crippen molar-refractivity contribution in [1.82, 2.24) is 19.7 Å². The number of ketones is 1. The van der Waals surface area contributed by atoms with Gasteiger partial charge in [0.2, 0.25) is 0 Å². The molecule has 0 N–H and O–H groups in total. The molecule has 0 atom stereocenters. The van der Waals surface area contributed by atoms with E-state index in [1.54, 1.807) is 12.1 Å². The molecule has 2 aromatic carbocycles. The van der Waals surface area contributed by atoms with E-state index in [4.69, 9.17) is 8.85 Å². The Morgan fingerprint density at radius 3 is 2.68 bits per heavy atom. The monoisotopic (exact) mass is 375 g/mol. The molecule has 0 saturated carbocycles. The third-order valence-electron chi connectivity index (χ3n) is 4.79. The van der Waals surface area contributed by atoms with Gasteiger partial charge in [-0.3, -0.25) is 4.79 Å². The van der Waals surface area contributed by atoms with Gasteiger partial charge in [-0.25, -0.2) is 4.98 Å². The van der Waals surface area contributed by atoms with Crippen LogP contribution in [0.4, 0.5) is 0 Å². The van der Waals surface area contributed by atoms with Gasteiger partial charge >= 0.3 is 0 Å². The summed E-state index contributed by atoms with van der Waals surface area (Å²) >= 11 is 0. The van der Waals surface area contributed by atoms with E-state index in [0.29, 0.717) is 11.3 Å². The molecule has 0 fully saturated rings. The molecule has 4 rings (SSSR count). The molecule has 0 spiro atoms. The second kappa shape index (κ2) is 7.23. The third-order valence-corrected chi connectivity index (χ3v) is 4.79. The lowest BCUT2D eigenvalue weighted by Gasteiger charge is -2.07. The molecule has 0 unspecified atom stereocenters. The van der Waals surface area contributed by atoms with E-state index in [-0.39, 0.29) is 18.0 Å². The van der Waals surface area contributed by atoms with Gasteiger partial charge in [0.15, 0.2) is 5.78 Å². The molecule has 6 nitrogen and oxygen atoms in total. The molecule has 6 heteroatoms. The summed E-state index contributed by atoms with van der Waals surface area (Å²) in [4.78, 5) is 17.0. The number of ether oxygens (including phenoxy) is 1. The van der Waals surface area contributed by atoms with E-state index in [9.17, 15) is 4.79 Å². The summed E-state index contributed by atoms with van der Waals surface area (Å²) in [7, 11) is -0.565. The minimum Gasteiger partial charge on any atom is -0.497 e. The first-order chi connectivity index (χ1) is 14.7. The fourth-order valence-corrected chi connectivity index (χ4v) is 3.08. The van der Waals surface area contributed by atoms with E-state index in [0.717, 1.165) is 28.0 Å². The lowest BCUT2D eigenvalue weighted by Crippen LogP contribution is -2.06. The first-order valence-corrected chi connectivity index (χ1v) is 8.77. The maximum absolute atomic E-state index is 12.7. The third kappa shape index (κ3) is 3.36. The summed E-state index contributed by atoms with van der Waals surface area (Å²) in [5.41, 5.74) is 3.74. The number of carbonyl (C=O) groups excluding carboxylic acids is 1. The second-order valence-electron chi connectivity index (χ2n) is 6.59. The number of aryl methyl sites for hydroxylation is 1. The van der Waals surface area contributed by atoms with Crippen LogP contribution < -0.4 is 4.74 Å². The zero-order valence-corrected chi connectivity index (χ0v) is 15.5. The molecule has 0 saturated heterocycles. The number of benzene rings is 2. The highest BCUT2D eigenvalue weighted by atomic mass is 16.5. The molecule has 2 aromatic heterocycles. The van der Waals surface area contributed by atoms with Gasteiger partial charge in [-0.1, -0.05) is 6.07 Å². The summed E-state index contributed by atoms with van der Waals surface area (Å²) in [5.74, 6) is 0.956. The molecule has 2 heterocycles. The Morgan fingerprint density at radius 1 is 1.14 bits per heavy atom. The largest absolute Gasteiger partial charge is 0.497 e. The first kappa shape index (κ1) is 14.5. The maximum atomic E-state index is 12.7. The van der Waals surface area contributed by atoms with Crippen LogP contribution >= 0.6 is 0 Å². The van der Waals surface area contributed by atoms with Crippen LogP contribution in [-0.4, -0.2) is 32.6 Å². The number of hydrogen-bond acceptors (Lipinski definition) is 5. The van der Waals surface area contributed by atoms with E-state index < -0.39 is 7.04 Å². The van der Waals surface area contributed by atoms with Crippen molar-refractivity contribution in [3.8, 4) is 17.0 Å². The van der Waals surface area contributed by atoms with Crippen LogP contribution in [0.5, 0.6) is 5.75 Å². The Morgan fingerprint density at radius 2 is 1.96 bits per heavy atom. The zero-order chi connectivity index (χ0) is 22.2. The topological polar surface area (TPSA) is 69.9 Å². The Bertz CT molecular complexity index is 1260. The van der Waals surface area contributed by atoms with Crippen molar-refractivity contribution < 1.29 is 13.6 Å². The summed E-state index contributed by atoms with van der Waals surface area (Å²) in [6, 6.07) is 13.8. The van der Waals surface area contributed by atoms with Crippen molar-refractivity contribution in [3.05, 3.63) is 71.8 Å². The highest BCUT2D eigenvalue weighted by Gasteiger charge is 2.11. The van der Waals surface area contributed by atoms with Gasteiger partial charge < -0.3 is 9.30 Å². The van der Waals surface area contributed by atoms with Crippen molar-refractivity contribution in [3.63, 3.8) is 0 Å². The van der Waals surface area contributed by atoms with Gasteiger partial charge in [-0.05, 0) is 49.4 Å². The quantitative estimate of drug-likeness (QED) is 0.497. The molecule has 28 heavy (non-hydrogen) atoms. The van der Waals surface area contributed by atoms with Crippen LogP contribution in [0.25, 0.3) is 22.2 Å². The van der Waals surface area contributed by atoms with Crippen LogP contribution in [0.3, 0.4) is 0 Å². The molecular weight excluding hydrogens is 352 g/mol. The van der Waals surface area contributed by atoms with Crippen LogP contribution in [-0.2, 0) is 13.5 Å². The number of fused-ring (bicyclic) bond motifs is 1. The summed E-state index contributed by atoms with van der Waals surface area (Å²) in [5, 5.41) is 9.30. The van der Waals surface area contributed by atoms with Crippen LogP contribution in [0, 0.1) is 6.92 Å². The Hall–Kier alpha value is -3.54. The van der Waals surface area contributed by atoms with Gasteiger partial charge in [-0.15, -0.1) is 0 Å². The predicted molar refractivity (Wildman–Crippen MR) is 108 cm³/mol. The SMILES string of the molecule is [2H]C([2H])([2H])Oc1ccc(C(=O)Cc2cc3cc(-c4cnc(C)n4C)ccc3nn2)cc1. The van der Waals surface area contributed by atoms with Crippen molar-refractivity contribution in [2.45, 2.75) is 13.3 Å². The lowest BCUT2D eigenvalue weighted by atomic mass is 10.0. The molecule has 4 aromatic rings. The Kier molecular flexibility index (Phi) is 3.75.